The predicted octanol–water partition coefficient (Wildman–Crippen LogP) is 1.39. The Hall–Kier alpha value is -0.0800. The molecule has 0 saturated carbocycles. The van der Waals surface area contributed by atoms with Crippen molar-refractivity contribution in [2.45, 2.75) is 45.8 Å². The van der Waals surface area contributed by atoms with E-state index in [1.54, 1.807) is 0 Å². The molecule has 2 unspecified atom stereocenters. The van der Waals surface area contributed by atoms with E-state index in [1.807, 2.05) is 0 Å². The molecule has 1 fully saturated rings. The van der Waals surface area contributed by atoms with Crippen LogP contribution < -0.4 is 0 Å². The first kappa shape index (κ1) is 7.03. The molecule has 0 spiro atoms. The zero-order valence-corrected chi connectivity index (χ0v) is 6.63. The summed E-state index contributed by atoms with van der Waals surface area (Å²) in [5.74, 6) is 0. The van der Waals surface area contributed by atoms with Gasteiger partial charge in [0.05, 0.1) is 0 Å². The van der Waals surface area contributed by atoms with Crippen LogP contribution in [0, 0.1) is 0 Å². The molecule has 1 N–H and O–H groups in total. The van der Waals surface area contributed by atoms with Gasteiger partial charge in [0.1, 0.15) is 6.04 Å². The smallest absolute Gasteiger partial charge is 0.171 e. The molecular formula is C7H16NO+. The number of nitrogens with zero attached hydrogens (tertiary/aromatic N) is 1. The molecule has 54 valence electrons. The number of quaternary nitrogens is 1. The summed E-state index contributed by atoms with van der Waals surface area (Å²) in [5.41, 5.74) is 0. The Morgan fingerprint density at radius 1 is 1.22 bits per heavy atom. The average Bonchev–Trinajstić information content (AvgIpc) is 2.22. The molecule has 0 aromatic rings. The lowest BCUT2D eigenvalue weighted by Gasteiger charge is -2.14. The molecule has 1 aliphatic heterocycles. The van der Waals surface area contributed by atoms with Crippen LogP contribution in [-0.2, 0) is 0 Å². The molecule has 0 aromatic heterocycles. The summed E-state index contributed by atoms with van der Waals surface area (Å²) in [4.78, 5) is 0. The molecule has 1 saturated heterocycles. The average molecular weight is 130 g/mol. The monoisotopic (exact) mass is 130 g/mol. The number of hydroxylamine groups is 3. The van der Waals surface area contributed by atoms with E-state index in [0.717, 1.165) is 0 Å². The minimum atomic E-state index is 0.278. The summed E-state index contributed by atoms with van der Waals surface area (Å²) >= 11 is 0. The van der Waals surface area contributed by atoms with E-state index in [9.17, 15) is 5.21 Å². The van der Waals surface area contributed by atoms with Crippen LogP contribution in [-0.4, -0.2) is 28.0 Å². The van der Waals surface area contributed by atoms with Crippen LogP contribution in [0.3, 0.4) is 0 Å². The Morgan fingerprint density at radius 3 is 1.56 bits per heavy atom. The normalized spacial score (nSPS) is 50.0. The van der Waals surface area contributed by atoms with Crippen molar-refractivity contribution >= 4 is 0 Å². The summed E-state index contributed by atoms with van der Waals surface area (Å²) in [5, 5.41) is 9.68. The molecular weight excluding hydrogens is 114 g/mol. The van der Waals surface area contributed by atoms with Gasteiger partial charge in [0, 0.05) is 0 Å². The lowest BCUT2D eigenvalue weighted by molar-refractivity contribution is -1.03. The van der Waals surface area contributed by atoms with Crippen LogP contribution in [0.2, 0.25) is 0 Å². The van der Waals surface area contributed by atoms with Crippen molar-refractivity contribution in [1.29, 1.82) is 0 Å². The zero-order chi connectivity index (χ0) is 7.23. The maximum Gasteiger partial charge on any atom is 0.171 e. The molecule has 1 heterocycles. The molecule has 1 aliphatic rings. The number of hydrogen-bond acceptors (Lipinski definition) is 1. The Bertz CT molecular complexity index is 105. The van der Waals surface area contributed by atoms with Crippen molar-refractivity contribution in [3.05, 3.63) is 0 Å². The molecule has 0 radical (unpaired) electrons. The minimum Gasteiger partial charge on any atom is -0.216 e. The van der Waals surface area contributed by atoms with Crippen molar-refractivity contribution in [3.63, 3.8) is 0 Å². The summed E-state index contributed by atoms with van der Waals surface area (Å²) in [6.07, 6.45) is 0. The third-order valence-corrected chi connectivity index (χ3v) is 2.74. The highest BCUT2D eigenvalue weighted by Gasteiger charge is 2.63. The maximum absolute atomic E-state index is 9.68. The fourth-order valence-electron chi connectivity index (χ4n) is 1.64. The molecule has 2 atom stereocenters. The number of hydrogen-bond donors (Lipinski definition) is 1. The van der Waals surface area contributed by atoms with E-state index < -0.39 is 0 Å². The van der Waals surface area contributed by atoms with Crippen LogP contribution in [0.15, 0.2) is 0 Å². The minimum absolute atomic E-state index is 0.278. The first-order valence-corrected chi connectivity index (χ1v) is 3.62. The van der Waals surface area contributed by atoms with E-state index in [4.69, 9.17) is 0 Å². The standard InChI is InChI=1S/C7H16NO/c1-5(2)8(9)6(3)7(8)4/h5-7,9H,1-4H3/q+1. The van der Waals surface area contributed by atoms with Gasteiger partial charge in [-0.25, -0.2) is 5.21 Å². The molecule has 2 heteroatoms. The van der Waals surface area contributed by atoms with E-state index in [1.165, 1.54) is 0 Å². The van der Waals surface area contributed by atoms with Gasteiger partial charge < -0.3 is 0 Å². The molecule has 9 heavy (non-hydrogen) atoms. The Morgan fingerprint density at radius 2 is 1.56 bits per heavy atom. The second-order valence-corrected chi connectivity index (χ2v) is 3.37. The predicted molar refractivity (Wildman–Crippen MR) is 36.1 cm³/mol. The van der Waals surface area contributed by atoms with Gasteiger partial charge in [-0.15, -0.1) is 0 Å². The van der Waals surface area contributed by atoms with Gasteiger partial charge in [-0.2, -0.15) is 4.65 Å². The quantitative estimate of drug-likeness (QED) is 0.420. The lowest BCUT2D eigenvalue weighted by Crippen LogP contribution is -2.33. The molecule has 0 bridgehead atoms. The van der Waals surface area contributed by atoms with E-state index >= 15 is 0 Å². The third-order valence-electron chi connectivity index (χ3n) is 2.74. The van der Waals surface area contributed by atoms with Crippen LogP contribution in [0.4, 0.5) is 0 Å². The summed E-state index contributed by atoms with van der Waals surface area (Å²) in [6, 6.07) is 1.25. The highest BCUT2D eigenvalue weighted by molar-refractivity contribution is 4.77. The summed E-state index contributed by atoms with van der Waals surface area (Å²) < 4.78 is 0.278. The zero-order valence-electron chi connectivity index (χ0n) is 6.63. The van der Waals surface area contributed by atoms with E-state index in [2.05, 4.69) is 27.7 Å². The Labute approximate surface area is 56.6 Å². The number of rotatable bonds is 1. The fourth-order valence-corrected chi connectivity index (χ4v) is 1.64. The summed E-state index contributed by atoms with van der Waals surface area (Å²) in [6.45, 7) is 8.29. The SMILES string of the molecule is CC(C)[N+]1(O)C(C)C1C. The maximum atomic E-state index is 9.68. The van der Waals surface area contributed by atoms with Crippen molar-refractivity contribution in [3.8, 4) is 0 Å². The highest BCUT2D eigenvalue weighted by atomic mass is 16.6. The van der Waals surface area contributed by atoms with Gasteiger partial charge in [0.15, 0.2) is 12.1 Å². The van der Waals surface area contributed by atoms with Crippen LogP contribution in [0.1, 0.15) is 27.7 Å². The first-order valence-electron chi connectivity index (χ1n) is 3.62. The second-order valence-electron chi connectivity index (χ2n) is 3.37. The fraction of sp³-hybridized carbons (Fsp3) is 1.00. The summed E-state index contributed by atoms with van der Waals surface area (Å²) in [7, 11) is 0. The van der Waals surface area contributed by atoms with Gasteiger partial charge in [-0.3, -0.25) is 0 Å². The topological polar surface area (TPSA) is 20.2 Å². The van der Waals surface area contributed by atoms with Gasteiger partial charge in [0.25, 0.3) is 0 Å². The lowest BCUT2D eigenvalue weighted by atomic mass is 10.4. The van der Waals surface area contributed by atoms with E-state index in [-0.39, 0.29) is 4.65 Å². The van der Waals surface area contributed by atoms with Gasteiger partial charge >= 0.3 is 0 Å². The van der Waals surface area contributed by atoms with Gasteiger partial charge in [-0.1, -0.05) is 0 Å². The van der Waals surface area contributed by atoms with Gasteiger partial charge in [0.2, 0.25) is 0 Å². The molecule has 0 aromatic carbocycles. The molecule has 1 rings (SSSR count). The molecule has 0 aliphatic carbocycles. The van der Waals surface area contributed by atoms with Gasteiger partial charge in [-0.05, 0) is 27.7 Å². The van der Waals surface area contributed by atoms with E-state index in [0.29, 0.717) is 18.1 Å². The molecule has 0 amide bonds. The largest absolute Gasteiger partial charge is 0.216 e. The van der Waals surface area contributed by atoms with Crippen LogP contribution in [0.25, 0.3) is 0 Å². The first-order chi connectivity index (χ1) is 4.01. The van der Waals surface area contributed by atoms with Crippen molar-refractivity contribution in [2.75, 3.05) is 0 Å². The van der Waals surface area contributed by atoms with Crippen LogP contribution in [0.5, 0.6) is 0 Å². The molecule has 2 nitrogen and oxygen atoms in total. The Balaban J connectivity index is 2.60. The van der Waals surface area contributed by atoms with Crippen molar-refractivity contribution in [2.24, 2.45) is 0 Å². The Kier molecular flexibility index (Phi) is 1.33. The second kappa shape index (κ2) is 1.70. The van der Waals surface area contributed by atoms with Crippen molar-refractivity contribution < 1.29 is 9.85 Å². The van der Waals surface area contributed by atoms with Crippen molar-refractivity contribution in [1.82, 2.24) is 0 Å². The highest BCUT2D eigenvalue weighted by Crippen LogP contribution is 2.38. The van der Waals surface area contributed by atoms with Crippen LogP contribution >= 0.6 is 0 Å². The third kappa shape index (κ3) is 0.700.